The zero-order chi connectivity index (χ0) is 77.8. The van der Waals surface area contributed by atoms with Crippen LogP contribution in [0, 0.1) is 13.8 Å². The molecule has 13 rings (SSSR count). The number of nitrogens with zero attached hydrogens (tertiary/aromatic N) is 15. The highest BCUT2D eigenvalue weighted by molar-refractivity contribution is 9.10. The summed E-state index contributed by atoms with van der Waals surface area (Å²) in [5.74, 6) is -1.22. The normalized spacial score (nSPS) is 16.0. The smallest absolute Gasteiger partial charge is 0.248 e. The van der Waals surface area contributed by atoms with Gasteiger partial charge in [0.15, 0.2) is 11.6 Å². The van der Waals surface area contributed by atoms with E-state index in [1.54, 1.807) is 141 Å². The summed E-state index contributed by atoms with van der Waals surface area (Å²) >= 11 is 15.7. The highest BCUT2D eigenvalue weighted by Crippen LogP contribution is 2.36. The average Bonchev–Trinajstić information content (AvgIpc) is 1.62. The van der Waals surface area contributed by atoms with Crippen LogP contribution in [0.15, 0.2) is 203 Å². The molecule has 0 bridgehead atoms. The molecule has 0 unspecified atom stereocenters. The lowest BCUT2D eigenvalue weighted by atomic mass is 10.0. The molecule has 0 aliphatic carbocycles. The largest absolute Gasteiger partial charge is 0.327 e. The van der Waals surface area contributed by atoms with Gasteiger partial charge in [-0.1, -0.05) is 128 Å². The summed E-state index contributed by atoms with van der Waals surface area (Å²) in [6.07, 6.45) is 6.09. The van der Waals surface area contributed by atoms with Crippen molar-refractivity contribution in [3.8, 4) is 22.3 Å². The van der Waals surface area contributed by atoms with Crippen LogP contribution in [0.5, 0.6) is 0 Å². The minimum Gasteiger partial charge on any atom is -0.327 e. The number of hydrogen-bond acceptors (Lipinski definition) is 18. The molecule has 24 nitrogen and oxygen atoms in total. The van der Waals surface area contributed by atoms with Crippen molar-refractivity contribution in [1.82, 2.24) is 59.3 Å². The van der Waals surface area contributed by atoms with Gasteiger partial charge in [0.05, 0.1) is 30.7 Å². The maximum absolute atomic E-state index is 15.7. The van der Waals surface area contributed by atoms with Crippen LogP contribution in [0.4, 0.5) is 20.4 Å². The van der Waals surface area contributed by atoms with Gasteiger partial charge < -0.3 is 26.2 Å². The third-order valence-electron chi connectivity index (χ3n) is 16.9. The highest BCUT2D eigenvalue weighted by Gasteiger charge is 2.50. The van der Waals surface area contributed by atoms with Gasteiger partial charge in [-0.05, 0) is 135 Å². The number of Topliss-reactive ketones (excluding diaryl/α,β-unsaturated/α-hetero) is 2. The molecular formula is C73H69Br2F2N18O6PS8. The molecule has 2 fully saturated rings. The number of rotatable bonds is 18. The molecule has 2 aliphatic rings. The van der Waals surface area contributed by atoms with Crippen molar-refractivity contribution in [3.63, 3.8) is 0 Å². The predicted octanol–water partition coefficient (Wildman–Crippen LogP) is 11.6. The highest BCUT2D eigenvalue weighted by atomic mass is 79.9. The van der Waals surface area contributed by atoms with Crippen LogP contribution >= 0.6 is 39.8 Å². The maximum atomic E-state index is 15.7. The number of aryl methyl sites for hydroxylation is 2. The number of nitrogens with two attached hydrogens (primary N) is 1. The van der Waals surface area contributed by atoms with Gasteiger partial charge in [0.25, 0.3) is 0 Å². The Bertz CT molecular complexity index is 5420. The molecular weight excluding hydrogens is 1710 g/mol. The van der Waals surface area contributed by atoms with E-state index in [0.717, 1.165) is 27.2 Å². The van der Waals surface area contributed by atoms with Crippen molar-refractivity contribution < 1.29 is 37.5 Å². The molecule has 6 aromatic heterocycles. The Kier molecular flexibility index (Phi) is 31.1. The van der Waals surface area contributed by atoms with Crippen LogP contribution in [0.3, 0.4) is 0 Å². The molecule has 568 valence electrons. The number of alkyl halides is 2. The van der Waals surface area contributed by atoms with E-state index in [1.165, 1.54) is 61.8 Å². The number of pyridine rings is 2. The van der Waals surface area contributed by atoms with Gasteiger partial charge in [-0.25, -0.2) is 38.7 Å². The Morgan fingerprint density at radius 3 is 1.31 bits per heavy atom. The Balaban J connectivity index is 0.000000189. The Morgan fingerprint density at radius 2 is 0.955 bits per heavy atom. The number of halogens is 4. The first-order chi connectivity index (χ1) is 52.5. The van der Waals surface area contributed by atoms with Gasteiger partial charge in [0.1, 0.15) is 80.4 Å². The molecule has 8 heterocycles. The lowest BCUT2D eigenvalue weighted by Gasteiger charge is -2.24. The van der Waals surface area contributed by atoms with Crippen molar-refractivity contribution in [3.05, 3.63) is 231 Å². The summed E-state index contributed by atoms with van der Waals surface area (Å²) in [4.78, 5) is 109. The van der Waals surface area contributed by atoms with Gasteiger partial charge in [-0.2, -0.15) is 10.2 Å². The van der Waals surface area contributed by atoms with Crippen molar-refractivity contribution in [1.29, 1.82) is 0 Å². The zero-order valence-electron chi connectivity index (χ0n) is 58.2. The molecule has 37 heteroatoms. The number of fused-ring (bicyclic) bond motifs is 2. The minimum atomic E-state index is -2.11. The lowest BCUT2D eigenvalue weighted by Crippen LogP contribution is -2.45. The molecule has 4 amide bonds. The predicted molar refractivity (Wildman–Crippen MR) is 454 cm³/mol. The molecule has 110 heavy (non-hydrogen) atoms. The molecule has 11 aromatic rings. The number of ketones is 2. The standard InChI is InChI=1S/C27H24BrFN10O3.C27H26BrFN8O3.C18H15P.CH4.S8/c1-15(40)25-19-8-17(18-10-31-16(2)32-11-18)6-7-20(19)39(36-25)12-24(41)38-14-27(29,13-33-37-30)9-21(38)26(42)35-23-5-3-4-22(28)34-23;1-15(38)25-19-8-17(18-10-31-16(2)32-11-18)6-7-20(19)37(35-25)12-24(39)36-14-27(29,13-30)9-21(36)26(40)34-23-5-3-4-22(28)33-23;1-4-10-16(11-5-1)19(17-12-6-2-7-13-17)18-14-8-3-9-15-18;;1-3-5-7-8-6-4-2/h3-8,10-11,21H,9,12-14H2,1-2H3,(H,34,35,42);3-8,10-11,21H,9,12-14,30H2,1-2H3,(H,33,34,40);1-15H;1H4;/t2*21-,27-;;;/m00.../s1. The Morgan fingerprint density at radius 1 is 0.573 bits per heavy atom. The average molecular weight is 1780 g/mol. The number of hydrogen-bond donors (Lipinski definition) is 3. The summed E-state index contributed by atoms with van der Waals surface area (Å²) in [5.41, 5.74) is 14.8. The van der Waals surface area contributed by atoms with Crippen LogP contribution in [0.25, 0.3) is 54.5 Å². The number of benzene rings is 5. The number of amides is 4. The maximum Gasteiger partial charge on any atom is 0.248 e. The van der Waals surface area contributed by atoms with E-state index < -0.39 is 68.1 Å². The second kappa shape index (κ2) is 40.3. The van der Waals surface area contributed by atoms with Crippen LogP contribution in [-0.2, 0) is 108 Å². The first-order valence-corrected chi connectivity index (χ1v) is 45.1. The topological polar surface area (TPSA) is 321 Å². The van der Waals surface area contributed by atoms with Gasteiger partial charge in [0.2, 0.25) is 23.6 Å². The molecule has 0 saturated carbocycles. The zero-order valence-corrected chi connectivity index (χ0v) is 68.8. The van der Waals surface area contributed by atoms with E-state index in [0.29, 0.717) is 42.7 Å². The van der Waals surface area contributed by atoms with E-state index >= 15 is 8.78 Å². The van der Waals surface area contributed by atoms with Crippen LogP contribution in [0.1, 0.15) is 66.7 Å². The third kappa shape index (κ3) is 22.4. The van der Waals surface area contributed by atoms with Gasteiger partial charge >= 0.3 is 0 Å². The van der Waals surface area contributed by atoms with Crippen LogP contribution in [-0.4, -0.2) is 144 Å². The summed E-state index contributed by atoms with van der Waals surface area (Å²) in [5, 5.41) is 22.7. The van der Waals surface area contributed by atoms with Gasteiger partial charge in [-0.3, -0.25) is 38.1 Å². The molecule has 4 N–H and O–H groups in total. The third-order valence-corrected chi connectivity index (χ3v) is 31.3. The summed E-state index contributed by atoms with van der Waals surface area (Å²) in [6, 6.07) is 50.6. The summed E-state index contributed by atoms with van der Waals surface area (Å²) in [6.45, 7) is 3.95. The number of nitrogens with one attached hydrogen (secondary N) is 2. The van der Waals surface area contributed by atoms with Gasteiger partial charge in [0, 0.05) is 160 Å². The summed E-state index contributed by atoms with van der Waals surface area (Å²) < 4.78 is 34.9. The minimum absolute atomic E-state index is 0. The monoisotopic (exact) mass is 1780 g/mol. The molecule has 4 atom stereocenters. The molecule has 0 spiro atoms. The molecule has 2 saturated heterocycles. The van der Waals surface area contributed by atoms with E-state index in [9.17, 15) is 28.8 Å². The number of carbonyl (C=O) groups is 6. The van der Waals surface area contributed by atoms with Crippen molar-refractivity contribution >= 4 is 200 Å². The quantitative estimate of drug-likeness (QED) is 0.0179. The van der Waals surface area contributed by atoms with E-state index in [4.69, 9.17) is 11.3 Å². The molecule has 0 radical (unpaired) electrons. The first kappa shape index (κ1) is 85.0. The van der Waals surface area contributed by atoms with E-state index in [1.807, 2.05) is 6.07 Å². The number of azide groups is 1. The second-order valence-electron chi connectivity index (χ2n) is 24.4. The van der Waals surface area contributed by atoms with E-state index in [2.05, 4.69) is 206 Å². The number of carbonyl (C=O) groups excluding carboxylic acids is 6. The molecule has 2 aliphatic heterocycles. The van der Waals surface area contributed by atoms with E-state index in [-0.39, 0.29) is 81.0 Å². The van der Waals surface area contributed by atoms with Crippen molar-refractivity contribution in [2.24, 2.45) is 10.8 Å². The number of anilines is 2. The molecule has 5 aromatic carbocycles. The Hall–Kier alpha value is -9.00. The lowest BCUT2D eigenvalue weighted by molar-refractivity contribution is -0.137. The fourth-order valence-electron chi connectivity index (χ4n) is 11.9. The fraction of sp³-hybridized carbons (Fsp3) is 0.233. The number of aromatic nitrogens is 10. The van der Waals surface area contributed by atoms with Gasteiger partial charge in [-0.15, -0.1) is 0 Å². The van der Waals surface area contributed by atoms with Crippen molar-refractivity contribution in [2.75, 3.05) is 36.8 Å². The van der Waals surface area contributed by atoms with Crippen molar-refractivity contribution in [2.45, 2.75) is 84.5 Å². The SMILES string of the molecule is C.CC(=O)c1nn(CC(=O)N2C[C@@](F)(CN)C[C@H]2C(=O)Nc2cccc(Br)n2)c2ccc(-c3cnc(C)nc3)cc12.CC(=O)c1nn(CC(=O)N2C[C@@](F)(CN=[N+]=[N-])C[C@H]2C(=O)Nc2cccc(Br)n2)c2ccc(-c3cnc(C)nc3)cc12.S=S=S=S=S=S=S=S.c1ccc(P(c2ccccc2)c2ccccc2)cc1. The van der Waals surface area contributed by atoms with Crippen LogP contribution in [0.2, 0.25) is 0 Å². The first-order valence-electron chi connectivity index (χ1n) is 32.9. The Labute approximate surface area is 676 Å². The second-order valence-corrected chi connectivity index (χ2v) is 38.9. The number of likely N-dealkylation sites (tertiary alicyclic amines) is 2. The van der Waals surface area contributed by atoms with Crippen LogP contribution < -0.4 is 32.3 Å². The fourth-order valence-corrected chi connectivity index (χ4v) is 25.9. The summed E-state index contributed by atoms with van der Waals surface area (Å²) in [7, 11) is 8.68.